The van der Waals surface area contributed by atoms with E-state index in [1.54, 1.807) is 13.8 Å². The quantitative estimate of drug-likeness (QED) is 0.526. The van der Waals surface area contributed by atoms with Crippen LogP contribution in [0, 0.1) is 10.1 Å². The van der Waals surface area contributed by atoms with Crippen LogP contribution in [-0.4, -0.2) is 31.6 Å². The highest BCUT2D eigenvalue weighted by atomic mass is 32.2. The van der Waals surface area contributed by atoms with Crippen LogP contribution < -0.4 is 10.1 Å². The van der Waals surface area contributed by atoms with E-state index in [0.717, 1.165) is 6.07 Å². The zero-order valence-corrected chi connectivity index (χ0v) is 16.7. The SMILES string of the molecule is CCC(CC)S(=O)(=O)c1ccc(OC)c(NC(=O)c2cccc([N+](=O)[O-])c2)c1. The Morgan fingerprint density at radius 1 is 1.18 bits per heavy atom. The van der Waals surface area contributed by atoms with Crippen molar-refractivity contribution < 1.29 is 22.9 Å². The molecule has 0 saturated heterocycles. The monoisotopic (exact) mass is 406 g/mol. The van der Waals surface area contributed by atoms with Gasteiger partial charge in [-0.2, -0.15) is 0 Å². The summed E-state index contributed by atoms with van der Waals surface area (Å²) in [5.74, 6) is -0.332. The highest BCUT2D eigenvalue weighted by Gasteiger charge is 2.25. The molecule has 0 aliphatic heterocycles. The molecule has 0 saturated carbocycles. The molecule has 0 atom stereocenters. The number of methoxy groups -OCH3 is 1. The molecule has 0 aliphatic rings. The fraction of sp³-hybridized carbons (Fsp3) is 0.316. The highest BCUT2D eigenvalue weighted by Crippen LogP contribution is 2.31. The number of anilines is 1. The topological polar surface area (TPSA) is 116 Å². The number of sulfone groups is 1. The minimum absolute atomic E-state index is 0.0736. The van der Waals surface area contributed by atoms with Gasteiger partial charge in [0.05, 0.1) is 27.9 Å². The largest absolute Gasteiger partial charge is 0.495 e. The molecule has 0 fully saturated rings. The number of rotatable bonds is 8. The van der Waals surface area contributed by atoms with Crippen LogP contribution in [0.3, 0.4) is 0 Å². The summed E-state index contributed by atoms with van der Waals surface area (Å²) in [4.78, 5) is 22.9. The Bertz CT molecular complexity index is 984. The lowest BCUT2D eigenvalue weighted by Crippen LogP contribution is -2.20. The van der Waals surface area contributed by atoms with Gasteiger partial charge in [-0.1, -0.05) is 19.9 Å². The van der Waals surface area contributed by atoms with Crippen molar-refractivity contribution >= 4 is 27.1 Å². The number of nitro benzene ring substituents is 1. The number of carbonyl (C=O) groups is 1. The van der Waals surface area contributed by atoms with Crippen LogP contribution in [0.15, 0.2) is 47.4 Å². The van der Waals surface area contributed by atoms with Gasteiger partial charge in [-0.15, -0.1) is 0 Å². The maximum Gasteiger partial charge on any atom is 0.270 e. The van der Waals surface area contributed by atoms with E-state index in [1.165, 1.54) is 43.5 Å². The van der Waals surface area contributed by atoms with Crippen molar-refractivity contribution in [3.8, 4) is 5.75 Å². The highest BCUT2D eigenvalue weighted by molar-refractivity contribution is 7.92. The summed E-state index contributed by atoms with van der Waals surface area (Å²) in [6, 6.07) is 9.51. The fourth-order valence-electron chi connectivity index (χ4n) is 2.84. The molecule has 8 nitrogen and oxygen atoms in total. The molecular formula is C19H22N2O6S. The molecule has 2 rings (SSSR count). The number of hydrogen-bond donors (Lipinski definition) is 1. The smallest absolute Gasteiger partial charge is 0.270 e. The van der Waals surface area contributed by atoms with E-state index in [0.29, 0.717) is 12.8 Å². The Labute approximate surface area is 163 Å². The molecule has 0 bridgehead atoms. The summed E-state index contributed by atoms with van der Waals surface area (Å²) in [7, 11) is -2.17. The van der Waals surface area contributed by atoms with Gasteiger partial charge in [-0.25, -0.2) is 8.42 Å². The van der Waals surface area contributed by atoms with Crippen LogP contribution >= 0.6 is 0 Å². The number of benzene rings is 2. The predicted octanol–water partition coefficient (Wildman–Crippen LogP) is 3.82. The summed E-state index contributed by atoms with van der Waals surface area (Å²) in [5.41, 5.74) is 0.0280. The molecular weight excluding hydrogens is 384 g/mol. The first kappa shape index (κ1) is 21.4. The average molecular weight is 406 g/mol. The van der Waals surface area contributed by atoms with Crippen LogP contribution in [0.5, 0.6) is 5.75 Å². The molecule has 0 aromatic heterocycles. The number of nitrogens with zero attached hydrogens (tertiary/aromatic N) is 1. The van der Waals surface area contributed by atoms with Gasteiger partial charge in [0.15, 0.2) is 9.84 Å². The van der Waals surface area contributed by atoms with Crippen molar-refractivity contribution in [3.63, 3.8) is 0 Å². The molecule has 0 aliphatic carbocycles. The van der Waals surface area contributed by atoms with E-state index < -0.39 is 25.9 Å². The lowest BCUT2D eigenvalue weighted by molar-refractivity contribution is -0.384. The normalized spacial score (nSPS) is 11.3. The number of hydrogen-bond acceptors (Lipinski definition) is 6. The number of non-ortho nitro benzene ring substituents is 1. The predicted molar refractivity (Wildman–Crippen MR) is 106 cm³/mol. The number of nitro groups is 1. The summed E-state index contributed by atoms with van der Waals surface area (Å²) in [5, 5.41) is 13.0. The van der Waals surface area contributed by atoms with Crippen LogP contribution in [0.1, 0.15) is 37.0 Å². The van der Waals surface area contributed by atoms with E-state index in [4.69, 9.17) is 4.74 Å². The van der Waals surface area contributed by atoms with Gasteiger partial charge >= 0.3 is 0 Å². The van der Waals surface area contributed by atoms with Gasteiger partial charge in [-0.3, -0.25) is 14.9 Å². The fourth-order valence-corrected chi connectivity index (χ4v) is 4.64. The number of nitrogens with one attached hydrogen (secondary N) is 1. The first-order valence-electron chi connectivity index (χ1n) is 8.72. The van der Waals surface area contributed by atoms with Gasteiger partial charge in [0, 0.05) is 17.7 Å². The van der Waals surface area contributed by atoms with Crippen molar-refractivity contribution in [2.24, 2.45) is 0 Å². The molecule has 1 N–H and O–H groups in total. The second-order valence-electron chi connectivity index (χ2n) is 6.11. The van der Waals surface area contributed by atoms with E-state index in [9.17, 15) is 23.3 Å². The third kappa shape index (κ3) is 4.48. The van der Waals surface area contributed by atoms with Crippen molar-refractivity contribution in [2.75, 3.05) is 12.4 Å². The summed E-state index contributed by atoms with van der Waals surface area (Å²) < 4.78 is 30.8. The molecule has 0 spiro atoms. The van der Waals surface area contributed by atoms with Crippen LogP contribution in [0.4, 0.5) is 11.4 Å². The van der Waals surface area contributed by atoms with Gasteiger partial charge < -0.3 is 10.1 Å². The number of carbonyl (C=O) groups excluding carboxylic acids is 1. The molecule has 0 heterocycles. The minimum Gasteiger partial charge on any atom is -0.495 e. The molecule has 0 radical (unpaired) electrons. The third-order valence-electron chi connectivity index (χ3n) is 4.42. The summed E-state index contributed by atoms with van der Waals surface area (Å²) in [6.45, 7) is 3.61. The molecule has 28 heavy (non-hydrogen) atoms. The summed E-state index contributed by atoms with van der Waals surface area (Å²) in [6.07, 6.45) is 0.945. The van der Waals surface area contributed by atoms with Gasteiger partial charge in [-0.05, 0) is 37.1 Å². The zero-order chi connectivity index (χ0) is 20.9. The van der Waals surface area contributed by atoms with Gasteiger partial charge in [0.25, 0.3) is 11.6 Å². The molecule has 9 heteroatoms. The zero-order valence-electron chi connectivity index (χ0n) is 15.8. The van der Waals surface area contributed by atoms with Crippen molar-refractivity contribution in [1.82, 2.24) is 0 Å². The van der Waals surface area contributed by atoms with E-state index in [1.807, 2.05) is 0 Å². The van der Waals surface area contributed by atoms with E-state index >= 15 is 0 Å². The Morgan fingerprint density at radius 3 is 2.43 bits per heavy atom. The lowest BCUT2D eigenvalue weighted by Gasteiger charge is -2.16. The first-order chi connectivity index (χ1) is 13.2. The first-order valence-corrected chi connectivity index (χ1v) is 10.3. The third-order valence-corrected chi connectivity index (χ3v) is 6.87. The van der Waals surface area contributed by atoms with Crippen LogP contribution in [-0.2, 0) is 9.84 Å². The maximum atomic E-state index is 12.8. The minimum atomic E-state index is -3.56. The molecule has 2 aromatic rings. The van der Waals surface area contributed by atoms with Crippen molar-refractivity contribution in [2.45, 2.75) is 36.8 Å². The van der Waals surface area contributed by atoms with Gasteiger partial charge in [0.2, 0.25) is 0 Å². The van der Waals surface area contributed by atoms with Crippen molar-refractivity contribution in [1.29, 1.82) is 0 Å². The molecule has 150 valence electrons. The second kappa shape index (κ2) is 8.83. The van der Waals surface area contributed by atoms with Crippen molar-refractivity contribution in [3.05, 3.63) is 58.1 Å². The lowest BCUT2D eigenvalue weighted by atomic mass is 10.2. The Kier molecular flexibility index (Phi) is 6.74. The Balaban J connectivity index is 2.41. The molecule has 2 aromatic carbocycles. The Morgan fingerprint density at radius 2 is 1.86 bits per heavy atom. The molecule has 1 amide bonds. The number of ether oxygens (including phenoxy) is 1. The maximum absolute atomic E-state index is 12.8. The van der Waals surface area contributed by atoms with Crippen LogP contribution in [0.2, 0.25) is 0 Å². The molecule has 0 unspecified atom stereocenters. The summed E-state index contributed by atoms with van der Waals surface area (Å²) >= 11 is 0. The van der Waals surface area contributed by atoms with Gasteiger partial charge in [0.1, 0.15) is 5.75 Å². The average Bonchev–Trinajstić information content (AvgIpc) is 2.68. The van der Waals surface area contributed by atoms with E-state index in [2.05, 4.69) is 5.32 Å². The standard InChI is InChI=1S/C19H22N2O6S/c1-4-15(5-2)28(25,26)16-9-10-18(27-3)17(12-16)20-19(22)13-7-6-8-14(11-13)21(23)24/h6-12,15H,4-5H2,1-3H3,(H,20,22). The second-order valence-corrected chi connectivity index (χ2v) is 8.34. The van der Waals surface area contributed by atoms with E-state index in [-0.39, 0.29) is 27.6 Å². The Hall–Kier alpha value is -2.94. The number of amides is 1. The van der Waals surface area contributed by atoms with Crippen LogP contribution in [0.25, 0.3) is 0 Å².